The van der Waals surface area contributed by atoms with Crippen LogP contribution in [-0.2, 0) is 0 Å². The molecule has 1 aliphatic heterocycles. The molecule has 0 radical (unpaired) electrons. The maximum Gasteiger partial charge on any atom is 0.271 e. The lowest BCUT2D eigenvalue weighted by molar-refractivity contribution is 0.0695. The molecular formula is C13H15N3O2S2. The number of aromatic nitrogens is 2. The summed E-state index contributed by atoms with van der Waals surface area (Å²) in [6.45, 7) is 4.83. The van der Waals surface area contributed by atoms with Gasteiger partial charge in [0, 0.05) is 41.4 Å². The second kappa shape index (κ2) is 5.21. The lowest BCUT2D eigenvalue weighted by Gasteiger charge is -2.37. The van der Waals surface area contributed by atoms with Gasteiger partial charge in [0.1, 0.15) is 5.56 Å². The van der Waals surface area contributed by atoms with E-state index in [-0.39, 0.29) is 23.1 Å². The Labute approximate surface area is 124 Å². The van der Waals surface area contributed by atoms with Crippen molar-refractivity contribution in [3.05, 3.63) is 33.7 Å². The van der Waals surface area contributed by atoms with Crippen LogP contribution in [0, 0.1) is 0 Å². The molecule has 0 aliphatic carbocycles. The second-order valence-corrected chi connectivity index (χ2v) is 7.21. The van der Waals surface area contributed by atoms with E-state index >= 15 is 0 Å². The summed E-state index contributed by atoms with van der Waals surface area (Å²) in [6.07, 6.45) is 3.07. The number of rotatable bonds is 1. The molecule has 0 aromatic carbocycles. The molecule has 3 heterocycles. The van der Waals surface area contributed by atoms with Crippen molar-refractivity contribution >= 4 is 34.0 Å². The number of carbonyl (C=O) groups is 1. The Morgan fingerprint density at radius 1 is 1.45 bits per heavy atom. The van der Waals surface area contributed by atoms with Gasteiger partial charge in [-0.05, 0) is 6.92 Å². The third kappa shape index (κ3) is 2.14. The fraction of sp³-hybridized carbons (Fsp3) is 0.462. The first kappa shape index (κ1) is 13.6. The van der Waals surface area contributed by atoms with Crippen molar-refractivity contribution in [2.75, 3.05) is 12.3 Å². The van der Waals surface area contributed by atoms with E-state index in [0.29, 0.717) is 16.8 Å². The van der Waals surface area contributed by atoms with Gasteiger partial charge in [-0.25, -0.2) is 4.98 Å². The zero-order valence-electron chi connectivity index (χ0n) is 11.3. The second-order valence-electron chi connectivity index (χ2n) is 4.85. The highest BCUT2D eigenvalue weighted by Crippen LogP contribution is 2.25. The van der Waals surface area contributed by atoms with Crippen LogP contribution >= 0.6 is 23.1 Å². The van der Waals surface area contributed by atoms with Crippen LogP contribution in [0.25, 0.3) is 4.96 Å². The molecule has 2 aromatic rings. The number of fused-ring (bicyclic) bond motifs is 1. The van der Waals surface area contributed by atoms with Gasteiger partial charge in [0.15, 0.2) is 4.96 Å². The van der Waals surface area contributed by atoms with Crippen molar-refractivity contribution in [1.29, 1.82) is 0 Å². The molecule has 0 saturated carbocycles. The van der Waals surface area contributed by atoms with E-state index in [1.165, 1.54) is 21.9 Å². The highest BCUT2D eigenvalue weighted by Gasteiger charge is 2.31. The van der Waals surface area contributed by atoms with E-state index in [4.69, 9.17) is 0 Å². The number of thioether (sulfide) groups is 1. The molecular weight excluding hydrogens is 294 g/mol. The molecule has 3 rings (SSSR count). The Hall–Kier alpha value is -1.34. The van der Waals surface area contributed by atoms with Crippen LogP contribution < -0.4 is 5.56 Å². The molecule has 0 N–H and O–H groups in total. The van der Waals surface area contributed by atoms with Gasteiger partial charge in [-0.2, -0.15) is 11.8 Å². The lowest BCUT2D eigenvalue weighted by Crippen LogP contribution is -2.49. The Bertz CT molecular complexity index is 709. The van der Waals surface area contributed by atoms with Gasteiger partial charge in [-0.15, -0.1) is 11.3 Å². The van der Waals surface area contributed by atoms with Gasteiger partial charge < -0.3 is 4.90 Å². The standard InChI is InChI=1S/C13H15N3O2S2/c1-8-9(2)19-5-3-15(8)11(17)10-7-14-13-16(12(10)18)4-6-20-13/h4,6-9H,3,5H2,1-2H3/t8-,9+/m1/s1. The van der Waals surface area contributed by atoms with Crippen LogP contribution in [0.3, 0.4) is 0 Å². The minimum atomic E-state index is -0.278. The largest absolute Gasteiger partial charge is 0.334 e. The molecule has 106 valence electrons. The zero-order valence-corrected chi connectivity index (χ0v) is 12.9. The van der Waals surface area contributed by atoms with Crippen molar-refractivity contribution in [2.45, 2.75) is 25.1 Å². The van der Waals surface area contributed by atoms with Gasteiger partial charge in [0.2, 0.25) is 0 Å². The summed E-state index contributed by atoms with van der Waals surface area (Å²) in [5.74, 6) is 0.704. The number of nitrogens with zero attached hydrogens (tertiary/aromatic N) is 3. The van der Waals surface area contributed by atoms with Gasteiger partial charge >= 0.3 is 0 Å². The normalized spacial score (nSPS) is 23.2. The summed E-state index contributed by atoms with van der Waals surface area (Å²) >= 11 is 3.24. The number of hydrogen-bond donors (Lipinski definition) is 0. The van der Waals surface area contributed by atoms with Crippen LogP contribution in [0.5, 0.6) is 0 Å². The third-order valence-corrected chi connectivity index (χ3v) is 5.83. The highest BCUT2D eigenvalue weighted by atomic mass is 32.2. The van der Waals surface area contributed by atoms with Crippen LogP contribution in [0.2, 0.25) is 0 Å². The lowest BCUT2D eigenvalue weighted by atomic mass is 10.1. The quantitative estimate of drug-likeness (QED) is 0.805. The van der Waals surface area contributed by atoms with Gasteiger partial charge in [0.25, 0.3) is 11.5 Å². The van der Waals surface area contributed by atoms with E-state index in [1.807, 2.05) is 18.7 Å². The van der Waals surface area contributed by atoms with Crippen LogP contribution in [-0.4, -0.2) is 43.8 Å². The van der Waals surface area contributed by atoms with E-state index in [1.54, 1.807) is 16.5 Å². The highest BCUT2D eigenvalue weighted by molar-refractivity contribution is 8.00. The van der Waals surface area contributed by atoms with E-state index in [2.05, 4.69) is 11.9 Å². The molecule has 0 unspecified atom stereocenters. The number of hydrogen-bond acceptors (Lipinski definition) is 5. The predicted octanol–water partition coefficient (Wildman–Crippen LogP) is 1.72. The number of amides is 1. The Morgan fingerprint density at radius 3 is 3.05 bits per heavy atom. The average molecular weight is 309 g/mol. The van der Waals surface area contributed by atoms with E-state index < -0.39 is 0 Å². The molecule has 1 saturated heterocycles. The first-order chi connectivity index (χ1) is 9.59. The van der Waals surface area contributed by atoms with Gasteiger partial charge in [0.05, 0.1) is 0 Å². The number of thiazole rings is 1. The molecule has 7 heteroatoms. The van der Waals surface area contributed by atoms with Crippen LogP contribution in [0.1, 0.15) is 24.2 Å². The smallest absolute Gasteiger partial charge is 0.271 e. The molecule has 5 nitrogen and oxygen atoms in total. The van der Waals surface area contributed by atoms with Gasteiger partial charge in [-0.1, -0.05) is 6.92 Å². The molecule has 2 aromatic heterocycles. The Kier molecular flexibility index (Phi) is 3.55. The van der Waals surface area contributed by atoms with Crippen molar-refractivity contribution in [1.82, 2.24) is 14.3 Å². The van der Waals surface area contributed by atoms with Gasteiger partial charge in [-0.3, -0.25) is 14.0 Å². The minimum absolute atomic E-state index is 0.129. The summed E-state index contributed by atoms with van der Waals surface area (Å²) < 4.78 is 1.44. The summed E-state index contributed by atoms with van der Waals surface area (Å²) in [5, 5.41) is 2.17. The molecule has 0 spiro atoms. The molecule has 20 heavy (non-hydrogen) atoms. The Balaban J connectivity index is 2.00. The topological polar surface area (TPSA) is 54.7 Å². The third-order valence-electron chi connectivity index (χ3n) is 3.72. The fourth-order valence-corrected chi connectivity index (χ4v) is 4.12. The van der Waals surface area contributed by atoms with Crippen molar-refractivity contribution < 1.29 is 4.79 Å². The first-order valence-corrected chi connectivity index (χ1v) is 8.40. The zero-order chi connectivity index (χ0) is 14.3. The maximum absolute atomic E-state index is 12.6. The van der Waals surface area contributed by atoms with Crippen molar-refractivity contribution in [3.8, 4) is 0 Å². The van der Waals surface area contributed by atoms with Crippen LogP contribution in [0.15, 0.2) is 22.6 Å². The summed E-state index contributed by atoms with van der Waals surface area (Å²) in [4.78, 5) is 31.5. The monoisotopic (exact) mass is 309 g/mol. The SMILES string of the molecule is C[C@@H]1SCCN(C(=O)c2cnc3sccn3c2=O)[C@@H]1C. The number of carbonyl (C=O) groups excluding carboxylic acids is 1. The van der Waals surface area contributed by atoms with E-state index in [0.717, 1.165) is 5.75 Å². The minimum Gasteiger partial charge on any atom is -0.334 e. The average Bonchev–Trinajstić information content (AvgIpc) is 2.91. The Morgan fingerprint density at radius 2 is 2.25 bits per heavy atom. The molecule has 2 atom stereocenters. The van der Waals surface area contributed by atoms with Crippen molar-refractivity contribution in [3.63, 3.8) is 0 Å². The summed E-state index contributed by atoms with van der Waals surface area (Å²) in [7, 11) is 0. The molecule has 0 bridgehead atoms. The summed E-state index contributed by atoms with van der Waals surface area (Å²) in [6, 6.07) is 0.129. The predicted molar refractivity (Wildman–Crippen MR) is 81.8 cm³/mol. The fourth-order valence-electron chi connectivity index (χ4n) is 2.35. The summed E-state index contributed by atoms with van der Waals surface area (Å²) in [5.41, 5.74) is -0.119. The first-order valence-electron chi connectivity index (χ1n) is 6.47. The van der Waals surface area contributed by atoms with Crippen LogP contribution in [0.4, 0.5) is 0 Å². The van der Waals surface area contributed by atoms with E-state index in [9.17, 15) is 9.59 Å². The van der Waals surface area contributed by atoms with Crippen molar-refractivity contribution in [2.24, 2.45) is 0 Å². The molecule has 1 amide bonds. The molecule has 1 aliphatic rings. The molecule has 1 fully saturated rings. The maximum atomic E-state index is 12.6.